The molecule has 1 aliphatic heterocycles. The summed E-state index contributed by atoms with van der Waals surface area (Å²) in [7, 11) is 0. The van der Waals surface area contributed by atoms with Crippen LogP contribution in [0.4, 0.5) is 13.2 Å². The standard InChI is InChI=1S/C20H22ClN5O2.C2HF3O2/c21-18-7-3-5-16(23-18)19(27)22-10-13-25-11-8-14(9-12-25)26-17-6-2-1-4-15(17)24-20(26)28;3-2(4,5)1(6)7/h1-7,14H,8-13H2,(H,22,27)(H,24,28);(H,6,7). The van der Waals surface area contributed by atoms with Crippen LogP contribution < -0.4 is 11.0 Å². The first-order valence-electron chi connectivity index (χ1n) is 10.7. The fourth-order valence-corrected chi connectivity index (χ4v) is 3.95. The minimum absolute atomic E-state index is 0.0408. The summed E-state index contributed by atoms with van der Waals surface area (Å²) in [5.74, 6) is -2.98. The number of amides is 1. The van der Waals surface area contributed by atoms with Gasteiger partial charge in [0.25, 0.3) is 5.91 Å². The van der Waals surface area contributed by atoms with Crippen LogP contribution in [0.25, 0.3) is 11.0 Å². The van der Waals surface area contributed by atoms with Crippen molar-refractivity contribution in [3.8, 4) is 0 Å². The minimum atomic E-state index is -5.08. The van der Waals surface area contributed by atoms with Crippen LogP contribution in [0.2, 0.25) is 5.15 Å². The second-order valence-electron chi connectivity index (χ2n) is 7.79. The number of H-pyrrole nitrogens is 1. The van der Waals surface area contributed by atoms with Crippen LogP contribution in [0, 0.1) is 0 Å². The number of aliphatic carboxylic acids is 1. The van der Waals surface area contributed by atoms with E-state index in [-0.39, 0.29) is 17.6 Å². The van der Waals surface area contributed by atoms with Crippen molar-refractivity contribution in [2.24, 2.45) is 0 Å². The summed E-state index contributed by atoms with van der Waals surface area (Å²) in [4.78, 5) is 42.6. The van der Waals surface area contributed by atoms with Crippen molar-refractivity contribution in [3.05, 3.63) is 63.8 Å². The Hall–Kier alpha value is -3.38. The Balaban J connectivity index is 0.000000429. The summed E-state index contributed by atoms with van der Waals surface area (Å²) >= 11 is 5.82. The maximum atomic E-state index is 12.4. The zero-order chi connectivity index (χ0) is 25.6. The number of alkyl halides is 3. The third-order valence-electron chi connectivity index (χ3n) is 5.45. The number of carbonyl (C=O) groups excluding carboxylic acids is 1. The number of likely N-dealkylation sites (tertiary alicyclic amines) is 1. The van der Waals surface area contributed by atoms with Crippen LogP contribution in [0.3, 0.4) is 0 Å². The first-order valence-corrected chi connectivity index (χ1v) is 11.1. The number of imidazole rings is 1. The van der Waals surface area contributed by atoms with E-state index in [0.29, 0.717) is 17.4 Å². The van der Waals surface area contributed by atoms with Crippen LogP contribution in [-0.2, 0) is 4.79 Å². The first-order chi connectivity index (χ1) is 16.6. The fraction of sp³-hybridized carbons (Fsp3) is 0.364. The molecule has 0 atom stereocenters. The highest BCUT2D eigenvalue weighted by Crippen LogP contribution is 2.24. The number of hydrogen-bond acceptors (Lipinski definition) is 5. The maximum absolute atomic E-state index is 12.4. The molecule has 4 rings (SSSR count). The number of carboxylic acid groups (broad SMARTS) is 1. The number of benzene rings is 1. The number of para-hydroxylation sites is 2. The Labute approximate surface area is 202 Å². The number of hydrogen-bond donors (Lipinski definition) is 3. The number of carbonyl (C=O) groups is 2. The van der Waals surface area contributed by atoms with Crippen molar-refractivity contribution in [1.82, 2.24) is 24.8 Å². The highest BCUT2D eigenvalue weighted by molar-refractivity contribution is 6.29. The van der Waals surface area contributed by atoms with Gasteiger partial charge in [-0.05, 0) is 37.1 Å². The average molecular weight is 514 g/mol. The van der Waals surface area contributed by atoms with Crippen LogP contribution in [0.1, 0.15) is 29.4 Å². The molecule has 1 aromatic carbocycles. The Morgan fingerprint density at radius 2 is 1.80 bits per heavy atom. The molecule has 188 valence electrons. The summed E-state index contributed by atoms with van der Waals surface area (Å²) in [5.41, 5.74) is 2.13. The summed E-state index contributed by atoms with van der Waals surface area (Å²) < 4.78 is 33.6. The van der Waals surface area contributed by atoms with E-state index >= 15 is 0 Å². The van der Waals surface area contributed by atoms with Gasteiger partial charge < -0.3 is 20.3 Å². The van der Waals surface area contributed by atoms with Gasteiger partial charge in [0.1, 0.15) is 10.8 Å². The molecule has 35 heavy (non-hydrogen) atoms. The molecule has 0 aliphatic carbocycles. The molecule has 3 N–H and O–H groups in total. The van der Waals surface area contributed by atoms with E-state index in [2.05, 4.69) is 20.2 Å². The Morgan fingerprint density at radius 1 is 1.14 bits per heavy atom. The average Bonchev–Trinajstić information content (AvgIpc) is 3.15. The molecular formula is C22H23ClF3N5O4. The number of piperidine rings is 1. The zero-order valence-corrected chi connectivity index (χ0v) is 19.1. The molecule has 0 radical (unpaired) electrons. The lowest BCUT2D eigenvalue weighted by Gasteiger charge is -2.32. The van der Waals surface area contributed by atoms with E-state index in [1.165, 1.54) is 0 Å². The third kappa shape index (κ3) is 7.06. The number of rotatable bonds is 5. The van der Waals surface area contributed by atoms with Crippen molar-refractivity contribution >= 4 is 34.5 Å². The number of aromatic nitrogens is 3. The van der Waals surface area contributed by atoms with Gasteiger partial charge in [-0.25, -0.2) is 14.6 Å². The molecular weight excluding hydrogens is 491 g/mol. The molecule has 0 spiro atoms. The van der Waals surface area contributed by atoms with Crippen LogP contribution in [0.15, 0.2) is 47.3 Å². The monoisotopic (exact) mass is 513 g/mol. The maximum Gasteiger partial charge on any atom is 0.490 e. The number of aromatic amines is 1. The molecule has 3 heterocycles. The fourth-order valence-electron chi connectivity index (χ4n) is 3.79. The summed E-state index contributed by atoms with van der Waals surface area (Å²) in [6, 6.07) is 13.0. The van der Waals surface area contributed by atoms with Crippen molar-refractivity contribution in [1.29, 1.82) is 0 Å². The quantitative estimate of drug-likeness (QED) is 0.451. The van der Waals surface area contributed by atoms with Gasteiger partial charge in [0, 0.05) is 32.2 Å². The van der Waals surface area contributed by atoms with E-state index in [9.17, 15) is 22.8 Å². The van der Waals surface area contributed by atoms with Crippen molar-refractivity contribution in [2.75, 3.05) is 26.2 Å². The first kappa shape index (κ1) is 26.2. The molecule has 9 nitrogen and oxygen atoms in total. The normalized spacial score (nSPS) is 14.9. The van der Waals surface area contributed by atoms with E-state index in [0.717, 1.165) is 43.5 Å². The number of halogens is 4. The number of nitrogens with one attached hydrogen (secondary N) is 2. The Bertz CT molecular complexity index is 1240. The molecule has 0 bridgehead atoms. The molecule has 2 aromatic heterocycles. The second kappa shape index (κ2) is 11.4. The van der Waals surface area contributed by atoms with Crippen molar-refractivity contribution < 1.29 is 27.9 Å². The van der Waals surface area contributed by atoms with Crippen LogP contribution in [-0.4, -0.2) is 68.8 Å². The summed E-state index contributed by atoms with van der Waals surface area (Å²) in [5, 5.41) is 10.3. The van der Waals surface area contributed by atoms with Crippen LogP contribution in [0.5, 0.6) is 0 Å². The van der Waals surface area contributed by atoms with E-state index in [4.69, 9.17) is 21.5 Å². The van der Waals surface area contributed by atoms with Gasteiger partial charge >= 0.3 is 17.8 Å². The van der Waals surface area contributed by atoms with Crippen LogP contribution >= 0.6 is 11.6 Å². The smallest absolute Gasteiger partial charge is 0.475 e. The van der Waals surface area contributed by atoms with E-state index < -0.39 is 12.1 Å². The predicted octanol–water partition coefficient (Wildman–Crippen LogP) is 3.08. The highest BCUT2D eigenvalue weighted by Gasteiger charge is 2.38. The Morgan fingerprint density at radius 3 is 2.43 bits per heavy atom. The Kier molecular flexibility index (Phi) is 8.52. The number of carboxylic acids is 1. The van der Waals surface area contributed by atoms with Gasteiger partial charge in [0.2, 0.25) is 0 Å². The molecule has 1 amide bonds. The number of fused-ring (bicyclic) bond motifs is 1. The second-order valence-corrected chi connectivity index (χ2v) is 8.18. The molecule has 3 aromatic rings. The SMILES string of the molecule is O=C(NCCN1CCC(n2c(=O)[nH]c3ccccc32)CC1)c1cccc(Cl)n1.O=C(O)C(F)(F)F. The van der Waals surface area contributed by atoms with Crippen molar-refractivity contribution in [3.63, 3.8) is 0 Å². The summed E-state index contributed by atoms with van der Waals surface area (Å²) in [6.45, 7) is 3.09. The van der Waals surface area contributed by atoms with Gasteiger partial charge in [-0.3, -0.25) is 9.36 Å². The minimum Gasteiger partial charge on any atom is -0.475 e. The third-order valence-corrected chi connectivity index (χ3v) is 5.66. The predicted molar refractivity (Wildman–Crippen MR) is 123 cm³/mol. The number of nitrogens with zero attached hydrogens (tertiary/aromatic N) is 3. The largest absolute Gasteiger partial charge is 0.490 e. The lowest BCUT2D eigenvalue weighted by Crippen LogP contribution is -2.41. The lowest BCUT2D eigenvalue weighted by molar-refractivity contribution is -0.192. The van der Waals surface area contributed by atoms with Gasteiger partial charge in [0.15, 0.2) is 0 Å². The molecule has 1 fully saturated rings. The number of pyridine rings is 1. The van der Waals surface area contributed by atoms with Gasteiger partial charge in [0.05, 0.1) is 11.0 Å². The molecule has 1 aliphatic rings. The van der Waals surface area contributed by atoms with Gasteiger partial charge in [-0.1, -0.05) is 29.8 Å². The van der Waals surface area contributed by atoms with Gasteiger partial charge in [-0.15, -0.1) is 0 Å². The zero-order valence-electron chi connectivity index (χ0n) is 18.4. The van der Waals surface area contributed by atoms with E-state index in [1.807, 2.05) is 28.8 Å². The van der Waals surface area contributed by atoms with Crippen molar-refractivity contribution in [2.45, 2.75) is 25.1 Å². The molecule has 0 unspecified atom stereocenters. The molecule has 0 saturated carbocycles. The molecule has 13 heteroatoms. The van der Waals surface area contributed by atoms with Gasteiger partial charge in [-0.2, -0.15) is 13.2 Å². The summed E-state index contributed by atoms with van der Waals surface area (Å²) in [6.07, 6.45) is -3.27. The molecule has 1 saturated heterocycles. The topological polar surface area (TPSA) is 120 Å². The lowest BCUT2D eigenvalue weighted by atomic mass is 10.0. The van der Waals surface area contributed by atoms with E-state index in [1.54, 1.807) is 18.2 Å². The highest BCUT2D eigenvalue weighted by atomic mass is 35.5.